The van der Waals surface area contributed by atoms with Crippen LogP contribution in [0.5, 0.6) is 0 Å². The molecule has 122 valence electrons. The smallest absolute Gasteiger partial charge is 0.240 e. The summed E-state index contributed by atoms with van der Waals surface area (Å²) in [5, 5.41) is 11.1. The third-order valence-electron chi connectivity index (χ3n) is 3.89. The van der Waals surface area contributed by atoms with Crippen LogP contribution in [0, 0.1) is 13.8 Å². The summed E-state index contributed by atoms with van der Waals surface area (Å²) in [7, 11) is 0. The molecule has 1 heterocycles. The molecule has 1 aromatic carbocycles. The summed E-state index contributed by atoms with van der Waals surface area (Å²) < 4.78 is 0. The Morgan fingerprint density at radius 1 is 1.30 bits per heavy atom. The maximum Gasteiger partial charge on any atom is 0.240 e. The third kappa shape index (κ3) is 4.77. The first-order chi connectivity index (χ1) is 11.0. The number of benzene rings is 1. The molecule has 0 bridgehead atoms. The van der Waals surface area contributed by atoms with Gasteiger partial charge in [0.1, 0.15) is 0 Å². The molecule has 0 radical (unpaired) electrons. The van der Waals surface area contributed by atoms with Gasteiger partial charge < -0.3 is 0 Å². The number of aromatic amines is 1. The minimum absolute atomic E-state index is 0.0972. The van der Waals surface area contributed by atoms with Crippen molar-refractivity contribution in [1.82, 2.24) is 15.6 Å². The van der Waals surface area contributed by atoms with Crippen molar-refractivity contribution >= 4 is 12.1 Å². The topological polar surface area (TPSA) is 70.1 Å². The van der Waals surface area contributed by atoms with Crippen LogP contribution in [0.3, 0.4) is 0 Å². The lowest BCUT2D eigenvalue weighted by molar-refractivity contribution is -0.121. The zero-order valence-corrected chi connectivity index (χ0v) is 14.2. The van der Waals surface area contributed by atoms with Gasteiger partial charge in [0, 0.05) is 12.1 Å². The minimum Gasteiger partial charge on any atom is -0.282 e. The molecule has 0 aliphatic carbocycles. The lowest BCUT2D eigenvalue weighted by atomic mass is 10.0. The van der Waals surface area contributed by atoms with E-state index in [0.29, 0.717) is 18.8 Å². The summed E-state index contributed by atoms with van der Waals surface area (Å²) in [5.41, 5.74) is 7.90. The summed E-state index contributed by atoms with van der Waals surface area (Å²) in [6, 6.07) is 8.17. The molecule has 0 saturated carbocycles. The largest absolute Gasteiger partial charge is 0.282 e. The van der Waals surface area contributed by atoms with Crippen molar-refractivity contribution in [2.75, 3.05) is 0 Å². The highest BCUT2D eigenvalue weighted by atomic mass is 16.2. The average Bonchev–Trinajstić information content (AvgIpc) is 2.84. The molecule has 1 amide bonds. The maximum absolute atomic E-state index is 11.8. The number of amides is 1. The van der Waals surface area contributed by atoms with E-state index in [9.17, 15) is 4.79 Å². The zero-order valence-electron chi connectivity index (χ0n) is 14.2. The lowest BCUT2D eigenvalue weighted by Crippen LogP contribution is -2.18. The standard InChI is InChI=1S/C18H24N4O/c1-12(2)16-7-5-15(6-8-16)11-19-22-18(23)10-9-17-13(3)20-21-14(17)4/h5-8,11-12H,9-10H2,1-4H3,(H,20,21)(H,22,23). The first-order valence-electron chi connectivity index (χ1n) is 7.89. The Kier molecular flexibility index (Phi) is 5.68. The van der Waals surface area contributed by atoms with Crippen LogP contribution in [-0.2, 0) is 11.2 Å². The van der Waals surface area contributed by atoms with Crippen molar-refractivity contribution in [3.63, 3.8) is 0 Å². The number of hydrazone groups is 1. The average molecular weight is 312 g/mol. The second-order valence-electron chi connectivity index (χ2n) is 6.03. The molecule has 0 atom stereocenters. The van der Waals surface area contributed by atoms with Crippen LogP contribution in [0.4, 0.5) is 0 Å². The van der Waals surface area contributed by atoms with Gasteiger partial charge in [-0.05, 0) is 42.9 Å². The molecule has 0 unspecified atom stereocenters. The Labute approximate surface area is 137 Å². The highest BCUT2D eigenvalue weighted by Crippen LogP contribution is 2.14. The number of H-pyrrole nitrogens is 1. The molecule has 0 aliphatic heterocycles. The number of nitrogens with zero attached hydrogens (tertiary/aromatic N) is 2. The molecular weight excluding hydrogens is 288 g/mol. The molecule has 5 heteroatoms. The number of rotatable bonds is 6. The summed E-state index contributed by atoms with van der Waals surface area (Å²) in [6.07, 6.45) is 2.72. The van der Waals surface area contributed by atoms with Gasteiger partial charge in [0.15, 0.2) is 0 Å². The van der Waals surface area contributed by atoms with Gasteiger partial charge in [-0.1, -0.05) is 38.1 Å². The van der Waals surface area contributed by atoms with E-state index in [1.54, 1.807) is 6.21 Å². The number of carbonyl (C=O) groups is 1. The highest BCUT2D eigenvalue weighted by Gasteiger charge is 2.08. The first kappa shape index (κ1) is 16.9. The predicted molar refractivity (Wildman–Crippen MR) is 92.7 cm³/mol. The number of nitrogens with one attached hydrogen (secondary N) is 2. The van der Waals surface area contributed by atoms with Gasteiger partial charge in [0.05, 0.1) is 11.9 Å². The van der Waals surface area contributed by atoms with E-state index in [1.807, 2.05) is 26.0 Å². The molecule has 23 heavy (non-hydrogen) atoms. The predicted octanol–water partition coefficient (Wildman–Crippen LogP) is 3.23. The SMILES string of the molecule is Cc1n[nH]c(C)c1CCC(=O)NN=Cc1ccc(C(C)C)cc1. The number of carbonyl (C=O) groups excluding carboxylic acids is 1. The van der Waals surface area contributed by atoms with Crippen LogP contribution in [0.2, 0.25) is 0 Å². The summed E-state index contributed by atoms with van der Waals surface area (Å²) >= 11 is 0. The zero-order chi connectivity index (χ0) is 16.8. The lowest BCUT2D eigenvalue weighted by Gasteiger charge is -2.04. The monoisotopic (exact) mass is 312 g/mol. The summed E-state index contributed by atoms with van der Waals surface area (Å²) in [4.78, 5) is 11.8. The van der Waals surface area contributed by atoms with Crippen LogP contribution in [0.15, 0.2) is 29.4 Å². The molecule has 5 nitrogen and oxygen atoms in total. The Morgan fingerprint density at radius 3 is 2.57 bits per heavy atom. The van der Waals surface area contributed by atoms with Crippen molar-refractivity contribution in [2.45, 2.75) is 46.5 Å². The van der Waals surface area contributed by atoms with Crippen LogP contribution >= 0.6 is 0 Å². The third-order valence-corrected chi connectivity index (χ3v) is 3.89. The fourth-order valence-corrected chi connectivity index (χ4v) is 2.38. The number of hydrogen-bond acceptors (Lipinski definition) is 3. The fourth-order valence-electron chi connectivity index (χ4n) is 2.38. The van der Waals surface area contributed by atoms with Gasteiger partial charge in [-0.25, -0.2) is 5.43 Å². The molecule has 2 rings (SSSR count). The number of hydrogen-bond donors (Lipinski definition) is 2. The van der Waals surface area contributed by atoms with Crippen molar-refractivity contribution < 1.29 is 4.79 Å². The molecule has 0 fully saturated rings. The summed E-state index contributed by atoms with van der Waals surface area (Å²) in [6.45, 7) is 8.22. The van der Waals surface area contributed by atoms with Gasteiger partial charge >= 0.3 is 0 Å². The normalized spacial score (nSPS) is 11.3. The van der Waals surface area contributed by atoms with Gasteiger partial charge in [-0.2, -0.15) is 10.2 Å². The van der Waals surface area contributed by atoms with Crippen molar-refractivity contribution in [2.24, 2.45) is 5.10 Å². The van der Waals surface area contributed by atoms with Crippen LogP contribution < -0.4 is 5.43 Å². The molecule has 2 N–H and O–H groups in total. The maximum atomic E-state index is 11.8. The van der Waals surface area contributed by atoms with Crippen LogP contribution in [0.1, 0.15) is 54.3 Å². The number of aromatic nitrogens is 2. The van der Waals surface area contributed by atoms with Crippen LogP contribution in [0.25, 0.3) is 0 Å². The molecule has 0 aliphatic rings. The van der Waals surface area contributed by atoms with E-state index in [4.69, 9.17) is 0 Å². The Hall–Kier alpha value is -2.43. The first-order valence-corrected chi connectivity index (χ1v) is 7.89. The van der Waals surface area contributed by atoms with E-state index in [1.165, 1.54) is 5.56 Å². The van der Waals surface area contributed by atoms with Crippen molar-refractivity contribution in [1.29, 1.82) is 0 Å². The van der Waals surface area contributed by atoms with E-state index < -0.39 is 0 Å². The highest BCUT2D eigenvalue weighted by molar-refractivity contribution is 5.82. The van der Waals surface area contributed by atoms with E-state index in [-0.39, 0.29) is 5.91 Å². The second-order valence-corrected chi connectivity index (χ2v) is 6.03. The van der Waals surface area contributed by atoms with Gasteiger partial charge in [-0.3, -0.25) is 9.89 Å². The van der Waals surface area contributed by atoms with Crippen molar-refractivity contribution in [3.8, 4) is 0 Å². The Morgan fingerprint density at radius 2 is 2.00 bits per heavy atom. The minimum atomic E-state index is -0.0972. The molecule has 0 saturated heterocycles. The van der Waals surface area contributed by atoms with E-state index in [2.05, 4.69) is 46.7 Å². The fraction of sp³-hybridized carbons (Fsp3) is 0.389. The number of aryl methyl sites for hydroxylation is 2. The van der Waals surface area contributed by atoms with Crippen molar-refractivity contribution in [3.05, 3.63) is 52.3 Å². The molecular formula is C18H24N4O. The molecule has 1 aromatic heterocycles. The van der Waals surface area contributed by atoms with Gasteiger partial charge in [-0.15, -0.1) is 0 Å². The van der Waals surface area contributed by atoms with Gasteiger partial charge in [0.25, 0.3) is 0 Å². The van der Waals surface area contributed by atoms with Crippen LogP contribution in [-0.4, -0.2) is 22.3 Å². The van der Waals surface area contributed by atoms with E-state index >= 15 is 0 Å². The molecule has 2 aromatic rings. The van der Waals surface area contributed by atoms with E-state index in [0.717, 1.165) is 22.5 Å². The quantitative estimate of drug-likeness (QED) is 0.635. The Balaban J connectivity index is 1.82. The summed E-state index contributed by atoms with van der Waals surface area (Å²) in [5.74, 6) is 0.413. The Bertz CT molecular complexity index is 664. The molecule has 0 spiro atoms. The van der Waals surface area contributed by atoms with Gasteiger partial charge in [0.2, 0.25) is 5.91 Å². The second kappa shape index (κ2) is 7.72.